The number of unbranched alkanes of at least 4 members (excludes halogenated alkanes) is 2. The summed E-state index contributed by atoms with van der Waals surface area (Å²) in [6.45, 7) is 11.4. The second-order valence-corrected chi connectivity index (χ2v) is 17.9. The van der Waals surface area contributed by atoms with Gasteiger partial charge >= 0.3 is 12.0 Å². The van der Waals surface area contributed by atoms with E-state index in [-0.39, 0.29) is 84.9 Å². The fourth-order valence-electron chi connectivity index (χ4n) is 5.76. The molecule has 1 aromatic carbocycles. The lowest BCUT2D eigenvalue weighted by molar-refractivity contribution is -0.148. The summed E-state index contributed by atoms with van der Waals surface area (Å²) in [5.41, 5.74) is 6.36. The predicted molar refractivity (Wildman–Crippen MR) is 228 cm³/mol. The van der Waals surface area contributed by atoms with Gasteiger partial charge in [-0.2, -0.15) is 11.8 Å². The number of imide groups is 1. The van der Waals surface area contributed by atoms with E-state index >= 15 is 0 Å². The number of thioether (sulfide) groups is 2. The molecule has 6 N–H and O–H groups in total. The van der Waals surface area contributed by atoms with E-state index in [1.54, 1.807) is 63.7 Å². The van der Waals surface area contributed by atoms with Gasteiger partial charge in [-0.25, -0.2) is 4.79 Å². The predicted octanol–water partition coefficient (Wildman–Crippen LogP) is 4.56. The van der Waals surface area contributed by atoms with E-state index in [9.17, 15) is 38.4 Å². The summed E-state index contributed by atoms with van der Waals surface area (Å²) in [5.74, 6) is 0.199. The molecular weight excluding hydrogens is 785 g/mol. The Morgan fingerprint density at radius 1 is 0.828 bits per heavy atom. The maximum Gasteiger partial charge on any atom is 0.312 e. The van der Waals surface area contributed by atoms with Crippen LogP contribution in [0, 0.1) is 17.8 Å². The molecule has 17 heteroatoms. The Kier molecular flexibility index (Phi) is 23.1. The lowest BCUT2D eigenvalue weighted by Crippen LogP contribution is -2.54. The molecule has 0 aromatic heterocycles. The lowest BCUT2D eigenvalue weighted by atomic mass is 10.0. The van der Waals surface area contributed by atoms with Gasteiger partial charge in [0.1, 0.15) is 24.5 Å². The zero-order valence-corrected chi connectivity index (χ0v) is 36.5. The number of Topliss-reactive ketones (excluding diaryl/α,β-unsaturated/α-hetero) is 1. The fraction of sp³-hybridized carbons (Fsp3) is 0.659. The minimum Gasteiger partial charge on any atom is -0.461 e. The number of hydrogen-bond donors (Lipinski definition) is 5. The third kappa shape index (κ3) is 19.1. The van der Waals surface area contributed by atoms with E-state index in [0.29, 0.717) is 44.3 Å². The number of nitrogens with zero attached hydrogens (tertiary/aromatic N) is 1. The van der Waals surface area contributed by atoms with Crippen molar-refractivity contribution in [2.45, 2.75) is 123 Å². The molecule has 2 rings (SSSR count). The van der Waals surface area contributed by atoms with Crippen molar-refractivity contribution in [3.8, 4) is 0 Å². The normalized spacial score (nSPS) is 15.1. The van der Waals surface area contributed by atoms with Gasteiger partial charge in [-0.05, 0) is 67.2 Å². The van der Waals surface area contributed by atoms with Crippen molar-refractivity contribution in [2.24, 2.45) is 23.5 Å². The van der Waals surface area contributed by atoms with Crippen LogP contribution in [0.25, 0.3) is 0 Å². The second kappa shape index (κ2) is 26.8. The molecule has 58 heavy (non-hydrogen) atoms. The number of carbonyl (C=O) groups excluding carboxylic acids is 8. The SMILES string of the molecule is CC(C)C(=O)CCSCCCSC1CC(=O)N(CCCCCC(=O)N[C@H](C(=O)N[C@@H](CCCNC(N)=O)C(=O)Nc2ccc(COC(=O)C(C)C)cc2)C(C)C)C1=O. The summed E-state index contributed by atoms with van der Waals surface area (Å²) in [5, 5.41) is 10.4. The lowest BCUT2D eigenvalue weighted by Gasteiger charge is -2.25. The first kappa shape index (κ1) is 50.0. The van der Waals surface area contributed by atoms with Crippen LogP contribution in [0.4, 0.5) is 10.5 Å². The number of anilines is 1. The van der Waals surface area contributed by atoms with Gasteiger partial charge in [-0.3, -0.25) is 38.5 Å². The molecule has 0 saturated carbocycles. The number of esters is 1. The van der Waals surface area contributed by atoms with E-state index < -0.39 is 29.9 Å². The van der Waals surface area contributed by atoms with Gasteiger partial charge in [0.2, 0.25) is 29.5 Å². The van der Waals surface area contributed by atoms with Gasteiger partial charge in [-0.1, -0.05) is 60.1 Å². The maximum atomic E-state index is 13.5. The van der Waals surface area contributed by atoms with Crippen LogP contribution in [0.3, 0.4) is 0 Å². The molecule has 1 fully saturated rings. The molecule has 15 nitrogen and oxygen atoms in total. The summed E-state index contributed by atoms with van der Waals surface area (Å²) in [6.07, 6.45) is 3.94. The van der Waals surface area contributed by atoms with Gasteiger partial charge in [0.15, 0.2) is 0 Å². The number of rotatable bonds is 28. The fourth-order valence-corrected chi connectivity index (χ4v) is 7.97. The number of likely N-dealkylation sites (tertiary alicyclic amines) is 1. The van der Waals surface area contributed by atoms with Crippen molar-refractivity contribution in [3.63, 3.8) is 0 Å². The monoisotopic (exact) mass is 848 g/mol. The number of ketones is 1. The number of urea groups is 1. The van der Waals surface area contributed by atoms with Crippen molar-refractivity contribution in [1.82, 2.24) is 20.9 Å². The Hall–Kier alpha value is -4.12. The van der Waals surface area contributed by atoms with E-state index in [2.05, 4.69) is 21.3 Å². The Labute approximate surface area is 351 Å². The van der Waals surface area contributed by atoms with Crippen molar-refractivity contribution < 1.29 is 43.1 Å². The average Bonchev–Trinajstić information content (AvgIpc) is 3.43. The highest BCUT2D eigenvalue weighted by atomic mass is 32.2. The Morgan fingerprint density at radius 2 is 1.53 bits per heavy atom. The van der Waals surface area contributed by atoms with Crippen molar-refractivity contribution in [1.29, 1.82) is 0 Å². The van der Waals surface area contributed by atoms with Crippen LogP contribution in [-0.2, 0) is 44.9 Å². The molecule has 0 radical (unpaired) electrons. The molecule has 1 saturated heterocycles. The van der Waals surface area contributed by atoms with Crippen molar-refractivity contribution >= 4 is 76.5 Å². The highest BCUT2D eigenvalue weighted by Crippen LogP contribution is 2.27. The summed E-state index contributed by atoms with van der Waals surface area (Å²) < 4.78 is 5.25. The second-order valence-electron chi connectivity index (χ2n) is 15.3. The number of ether oxygens (including phenoxy) is 1. The molecular formula is C41H64N6O9S2. The van der Waals surface area contributed by atoms with Crippen molar-refractivity contribution in [2.75, 3.05) is 35.7 Å². The highest BCUT2D eigenvalue weighted by molar-refractivity contribution is 8.01. The maximum absolute atomic E-state index is 13.5. The van der Waals surface area contributed by atoms with Crippen LogP contribution < -0.4 is 27.0 Å². The molecule has 0 spiro atoms. The van der Waals surface area contributed by atoms with Crippen LogP contribution in [-0.4, -0.2) is 99.9 Å². The molecule has 1 aromatic rings. The van der Waals surface area contributed by atoms with Gasteiger partial charge in [-0.15, -0.1) is 11.8 Å². The minimum absolute atomic E-state index is 0.0582. The third-order valence-electron chi connectivity index (χ3n) is 9.32. The van der Waals surface area contributed by atoms with Gasteiger partial charge in [0, 0.05) is 49.7 Å². The van der Waals surface area contributed by atoms with Crippen LogP contribution in [0.5, 0.6) is 0 Å². The van der Waals surface area contributed by atoms with Crippen LogP contribution >= 0.6 is 23.5 Å². The van der Waals surface area contributed by atoms with Crippen LogP contribution in [0.15, 0.2) is 24.3 Å². The van der Waals surface area contributed by atoms with Gasteiger partial charge in [0.25, 0.3) is 0 Å². The zero-order chi connectivity index (χ0) is 43.2. The highest BCUT2D eigenvalue weighted by Gasteiger charge is 2.38. The molecule has 3 atom stereocenters. The summed E-state index contributed by atoms with van der Waals surface area (Å²) >= 11 is 3.24. The molecule has 1 unspecified atom stereocenters. The average molecular weight is 849 g/mol. The summed E-state index contributed by atoms with van der Waals surface area (Å²) in [7, 11) is 0. The molecule has 0 aliphatic carbocycles. The van der Waals surface area contributed by atoms with E-state index in [1.807, 2.05) is 13.8 Å². The molecule has 0 bridgehead atoms. The largest absolute Gasteiger partial charge is 0.461 e. The first-order valence-corrected chi connectivity index (χ1v) is 22.5. The smallest absolute Gasteiger partial charge is 0.312 e. The summed E-state index contributed by atoms with van der Waals surface area (Å²) in [6, 6.07) is 4.09. The van der Waals surface area contributed by atoms with Gasteiger partial charge in [0.05, 0.1) is 11.2 Å². The molecule has 324 valence electrons. The molecule has 1 aliphatic rings. The minimum atomic E-state index is -1.00. The first-order chi connectivity index (χ1) is 27.5. The topological polar surface area (TPSA) is 223 Å². The van der Waals surface area contributed by atoms with E-state index in [0.717, 1.165) is 29.2 Å². The number of hydrogen-bond acceptors (Lipinski definition) is 11. The molecule has 7 amide bonds. The van der Waals surface area contributed by atoms with Crippen LogP contribution in [0.1, 0.15) is 105 Å². The number of nitrogens with one attached hydrogen (secondary N) is 4. The number of benzene rings is 1. The standard InChI is InChI=1S/C41H64N6O9S2/c1-26(2)32(48)18-23-57-21-11-22-58-33-24-35(50)47(39(33)53)20-9-7-8-13-34(49)46-36(27(3)4)38(52)45-31(12-10-19-43-41(42)55)37(51)44-30-16-14-29(15-17-30)25-56-40(54)28(5)6/h14-17,26-28,31,33,36H,7-13,18-25H2,1-6H3,(H,44,51)(H,45,52)(H,46,49)(H3,42,43,55)/t31-,33?,36-/m0/s1. The van der Waals surface area contributed by atoms with E-state index in [1.165, 1.54) is 16.7 Å². The number of primary amides is 1. The van der Waals surface area contributed by atoms with Crippen LogP contribution in [0.2, 0.25) is 0 Å². The zero-order valence-electron chi connectivity index (χ0n) is 34.9. The Morgan fingerprint density at radius 3 is 2.17 bits per heavy atom. The first-order valence-electron chi connectivity index (χ1n) is 20.3. The number of carbonyl (C=O) groups is 8. The van der Waals surface area contributed by atoms with Gasteiger partial charge < -0.3 is 31.7 Å². The number of amides is 7. The Bertz CT molecular complexity index is 1540. The number of nitrogens with two attached hydrogens (primary N) is 1. The van der Waals surface area contributed by atoms with Crippen molar-refractivity contribution in [3.05, 3.63) is 29.8 Å². The quantitative estimate of drug-likeness (QED) is 0.0447. The molecule has 1 heterocycles. The van der Waals surface area contributed by atoms with E-state index in [4.69, 9.17) is 10.5 Å². The Balaban J connectivity index is 1.82. The molecule has 1 aliphatic heterocycles. The third-order valence-corrected chi connectivity index (χ3v) is 11.7. The summed E-state index contributed by atoms with van der Waals surface area (Å²) in [4.78, 5) is 101.